The average molecular weight is 448 g/mol. The van der Waals surface area contributed by atoms with Gasteiger partial charge in [0.15, 0.2) is 5.96 Å². The number of hydrogen-bond acceptors (Lipinski definition) is 3. The fourth-order valence-corrected chi connectivity index (χ4v) is 2.20. The van der Waals surface area contributed by atoms with Crippen LogP contribution >= 0.6 is 24.0 Å². The van der Waals surface area contributed by atoms with E-state index < -0.39 is 0 Å². The normalized spacial score (nSPS) is 12.2. The lowest BCUT2D eigenvalue weighted by molar-refractivity contribution is 0.143. The van der Waals surface area contributed by atoms with Gasteiger partial charge >= 0.3 is 0 Å². The minimum absolute atomic E-state index is 0. The van der Waals surface area contributed by atoms with Gasteiger partial charge in [0.2, 0.25) is 0 Å². The molecule has 1 aromatic rings. The number of halogens is 1. The summed E-state index contributed by atoms with van der Waals surface area (Å²) in [5, 5.41) is 6.73. The molecule has 0 fully saturated rings. The molecule has 0 heterocycles. The summed E-state index contributed by atoms with van der Waals surface area (Å²) in [5.74, 6) is 0.856. The van der Waals surface area contributed by atoms with E-state index in [1.165, 1.54) is 5.69 Å². The highest BCUT2D eigenvalue weighted by Gasteiger charge is 2.10. The third-order valence-electron chi connectivity index (χ3n) is 3.83. The second-order valence-corrected chi connectivity index (χ2v) is 5.58. The fourth-order valence-electron chi connectivity index (χ4n) is 2.20. The standard InChI is InChI=1S/C18H32N4O.HI/c1-5-23-14-10-9-13-20-18(19-3)21-15-16(2)22(4)17-11-7-6-8-12-17;/h6-8,11-12,16H,5,9-10,13-15H2,1-4H3,(H2,19,20,21);1H. The maximum atomic E-state index is 5.34. The van der Waals surface area contributed by atoms with E-state index in [4.69, 9.17) is 4.74 Å². The molecular weight excluding hydrogens is 415 g/mol. The predicted molar refractivity (Wildman–Crippen MR) is 115 cm³/mol. The number of aliphatic imine (C=N–C) groups is 1. The molecule has 0 radical (unpaired) electrons. The van der Waals surface area contributed by atoms with Gasteiger partial charge in [0, 0.05) is 52.1 Å². The van der Waals surface area contributed by atoms with Gasteiger partial charge in [-0.1, -0.05) is 18.2 Å². The summed E-state index contributed by atoms with van der Waals surface area (Å²) in [6.45, 7) is 7.61. The van der Waals surface area contributed by atoms with Crippen molar-refractivity contribution in [3.63, 3.8) is 0 Å². The van der Waals surface area contributed by atoms with Crippen molar-refractivity contribution in [1.29, 1.82) is 0 Å². The highest BCUT2D eigenvalue weighted by atomic mass is 127. The summed E-state index contributed by atoms with van der Waals surface area (Å²) in [5.41, 5.74) is 1.22. The number of anilines is 1. The number of benzene rings is 1. The minimum atomic E-state index is 0. The predicted octanol–water partition coefficient (Wildman–Crippen LogP) is 3.11. The van der Waals surface area contributed by atoms with Crippen LogP contribution in [-0.4, -0.2) is 52.4 Å². The monoisotopic (exact) mass is 448 g/mol. The number of nitrogens with one attached hydrogen (secondary N) is 2. The molecule has 2 N–H and O–H groups in total. The summed E-state index contributed by atoms with van der Waals surface area (Å²) >= 11 is 0. The molecule has 0 saturated carbocycles. The van der Waals surface area contributed by atoms with Crippen LogP contribution in [0, 0.1) is 0 Å². The van der Waals surface area contributed by atoms with E-state index in [0.717, 1.165) is 45.1 Å². The molecule has 0 aliphatic carbocycles. The van der Waals surface area contributed by atoms with Crippen molar-refractivity contribution < 1.29 is 4.74 Å². The van der Waals surface area contributed by atoms with Crippen molar-refractivity contribution >= 4 is 35.6 Å². The van der Waals surface area contributed by atoms with E-state index in [9.17, 15) is 0 Å². The van der Waals surface area contributed by atoms with E-state index in [-0.39, 0.29) is 24.0 Å². The summed E-state index contributed by atoms with van der Waals surface area (Å²) in [6, 6.07) is 10.8. The molecule has 0 amide bonds. The van der Waals surface area contributed by atoms with Crippen LogP contribution < -0.4 is 15.5 Å². The highest BCUT2D eigenvalue weighted by Crippen LogP contribution is 2.13. The zero-order valence-corrected chi connectivity index (χ0v) is 17.7. The molecule has 0 aliphatic rings. The van der Waals surface area contributed by atoms with E-state index in [1.54, 1.807) is 7.05 Å². The van der Waals surface area contributed by atoms with Crippen molar-refractivity contribution in [3.05, 3.63) is 30.3 Å². The number of likely N-dealkylation sites (N-methyl/N-ethyl adjacent to an activating group) is 1. The maximum Gasteiger partial charge on any atom is 0.191 e. The highest BCUT2D eigenvalue weighted by molar-refractivity contribution is 14.0. The number of ether oxygens (including phenoxy) is 1. The molecular formula is C18H33IN4O. The first kappa shape index (κ1) is 23.0. The second-order valence-electron chi connectivity index (χ2n) is 5.58. The molecule has 0 saturated heterocycles. The number of nitrogens with zero attached hydrogens (tertiary/aromatic N) is 2. The lowest BCUT2D eigenvalue weighted by Crippen LogP contribution is -2.45. The third-order valence-corrected chi connectivity index (χ3v) is 3.83. The summed E-state index contributed by atoms with van der Waals surface area (Å²) < 4.78 is 5.34. The van der Waals surface area contributed by atoms with Crippen LogP contribution in [-0.2, 0) is 4.74 Å². The average Bonchev–Trinajstić information content (AvgIpc) is 2.60. The SMILES string of the molecule is CCOCCCCNC(=NC)NCC(C)N(C)c1ccccc1.I. The smallest absolute Gasteiger partial charge is 0.191 e. The largest absolute Gasteiger partial charge is 0.382 e. The number of hydrogen-bond donors (Lipinski definition) is 2. The molecule has 138 valence electrons. The lowest BCUT2D eigenvalue weighted by atomic mass is 10.2. The van der Waals surface area contributed by atoms with Crippen molar-refractivity contribution in [2.45, 2.75) is 32.7 Å². The Morgan fingerprint density at radius 3 is 2.54 bits per heavy atom. The molecule has 1 aromatic carbocycles. The summed E-state index contributed by atoms with van der Waals surface area (Å²) in [7, 11) is 3.92. The van der Waals surface area contributed by atoms with Gasteiger partial charge in [0.05, 0.1) is 0 Å². The first-order chi connectivity index (χ1) is 11.2. The molecule has 0 spiro atoms. The topological polar surface area (TPSA) is 48.9 Å². The van der Waals surface area contributed by atoms with Gasteiger partial charge in [-0.15, -0.1) is 24.0 Å². The first-order valence-corrected chi connectivity index (χ1v) is 8.49. The zero-order valence-electron chi connectivity index (χ0n) is 15.4. The Morgan fingerprint density at radius 1 is 1.21 bits per heavy atom. The molecule has 1 unspecified atom stereocenters. The van der Waals surface area contributed by atoms with Crippen LogP contribution in [0.4, 0.5) is 5.69 Å². The summed E-state index contributed by atoms with van der Waals surface area (Å²) in [6.07, 6.45) is 2.16. The van der Waals surface area contributed by atoms with Gasteiger partial charge in [-0.3, -0.25) is 4.99 Å². The lowest BCUT2D eigenvalue weighted by Gasteiger charge is -2.27. The molecule has 1 rings (SSSR count). The molecule has 5 nitrogen and oxygen atoms in total. The van der Waals surface area contributed by atoms with Crippen LogP contribution in [0.1, 0.15) is 26.7 Å². The Kier molecular flexibility index (Phi) is 13.7. The quantitative estimate of drug-likeness (QED) is 0.250. The second kappa shape index (κ2) is 14.3. The van der Waals surface area contributed by atoms with Crippen molar-refractivity contribution in [2.24, 2.45) is 4.99 Å². The van der Waals surface area contributed by atoms with Crippen LogP contribution in [0.5, 0.6) is 0 Å². The Hall–Kier alpha value is -1.02. The van der Waals surface area contributed by atoms with Crippen LogP contribution in [0.3, 0.4) is 0 Å². The van der Waals surface area contributed by atoms with Gasteiger partial charge in [0.25, 0.3) is 0 Å². The minimum Gasteiger partial charge on any atom is -0.382 e. The first-order valence-electron chi connectivity index (χ1n) is 8.49. The molecule has 1 atom stereocenters. The Morgan fingerprint density at radius 2 is 1.92 bits per heavy atom. The Bertz CT molecular complexity index is 442. The van der Waals surface area contributed by atoms with E-state index in [0.29, 0.717) is 6.04 Å². The van der Waals surface area contributed by atoms with E-state index >= 15 is 0 Å². The van der Waals surface area contributed by atoms with Gasteiger partial charge < -0.3 is 20.3 Å². The number of unbranched alkanes of at least 4 members (excludes halogenated alkanes) is 1. The van der Waals surface area contributed by atoms with Crippen LogP contribution in [0.2, 0.25) is 0 Å². The Balaban J connectivity index is 0.00000529. The van der Waals surface area contributed by atoms with Gasteiger partial charge in [-0.05, 0) is 38.8 Å². The number of rotatable bonds is 10. The zero-order chi connectivity index (χ0) is 16.9. The molecule has 6 heteroatoms. The number of para-hydroxylation sites is 1. The molecule has 0 aliphatic heterocycles. The van der Waals surface area contributed by atoms with Crippen LogP contribution in [0.15, 0.2) is 35.3 Å². The third kappa shape index (κ3) is 9.32. The van der Waals surface area contributed by atoms with Crippen molar-refractivity contribution in [3.8, 4) is 0 Å². The van der Waals surface area contributed by atoms with Gasteiger partial charge in [-0.25, -0.2) is 0 Å². The van der Waals surface area contributed by atoms with E-state index in [1.807, 2.05) is 13.0 Å². The van der Waals surface area contributed by atoms with Gasteiger partial charge in [0.1, 0.15) is 0 Å². The summed E-state index contributed by atoms with van der Waals surface area (Å²) in [4.78, 5) is 6.54. The molecule has 24 heavy (non-hydrogen) atoms. The maximum absolute atomic E-state index is 5.34. The fraction of sp³-hybridized carbons (Fsp3) is 0.611. The number of guanidine groups is 1. The molecule has 0 bridgehead atoms. The van der Waals surface area contributed by atoms with Gasteiger partial charge in [-0.2, -0.15) is 0 Å². The van der Waals surface area contributed by atoms with E-state index in [2.05, 4.69) is 58.8 Å². The van der Waals surface area contributed by atoms with Crippen LogP contribution in [0.25, 0.3) is 0 Å². The van der Waals surface area contributed by atoms with Crippen molar-refractivity contribution in [2.75, 3.05) is 45.3 Å². The Labute approximate surface area is 164 Å². The van der Waals surface area contributed by atoms with Crippen molar-refractivity contribution in [1.82, 2.24) is 10.6 Å². The molecule has 0 aromatic heterocycles.